The standard InChI is InChI=1S/C20H24F2N2O3/c1-25-15-6-5-14(11-16(15)26-2)19(8-3-4-9-19)18-23-17(27-24-18)13-7-10-20(21,22)12-13/h5-6,11,13H,3-4,7-10,12H2,1-2H3. The Morgan fingerprint density at radius 2 is 1.81 bits per heavy atom. The molecule has 1 aromatic heterocycles. The van der Waals surface area contributed by atoms with E-state index in [0.29, 0.717) is 29.6 Å². The number of halogens is 2. The van der Waals surface area contributed by atoms with Crippen molar-refractivity contribution in [3.05, 3.63) is 35.5 Å². The second kappa shape index (κ2) is 6.77. The molecule has 1 heterocycles. The second-order valence-corrected chi connectivity index (χ2v) is 7.61. The van der Waals surface area contributed by atoms with Gasteiger partial charge in [0.1, 0.15) is 0 Å². The van der Waals surface area contributed by atoms with Gasteiger partial charge in [0.2, 0.25) is 11.8 Å². The average Bonchev–Trinajstić information content (AvgIpc) is 3.40. The third kappa shape index (κ3) is 3.17. The first kappa shape index (κ1) is 18.2. The van der Waals surface area contributed by atoms with Gasteiger partial charge in [0.25, 0.3) is 0 Å². The molecule has 146 valence electrons. The molecule has 27 heavy (non-hydrogen) atoms. The van der Waals surface area contributed by atoms with Crippen molar-refractivity contribution in [3.8, 4) is 11.5 Å². The highest BCUT2D eigenvalue weighted by molar-refractivity contribution is 5.47. The van der Waals surface area contributed by atoms with Crippen LogP contribution in [0.15, 0.2) is 22.7 Å². The van der Waals surface area contributed by atoms with Gasteiger partial charge in [-0.25, -0.2) is 8.78 Å². The summed E-state index contributed by atoms with van der Waals surface area (Å²) in [6, 6.07) is 5.85. The number of rotatable bonds is 5. The molecule has 5 nitrogen and oxygen atoms in total. The molecular weight excluding hydrogens is 354 g/mol. The van der Waals surface area contributed by atoms with Gasteiger partial charge in [0, 0.05) is 18.8 Å². The highest BCUT2D eigenvalue weighted by Crippen LogP contribution is 2.48. The van der Waals surface area contributed by atoms with Crippen LogP contribution in [-0.4, -0.2) is 30.3 Å². The highest BCUT2D eigenvalue weighted by Gasteiger charge is 2.45. The molecule has 2 aliphatic carbocycles. The molecular formula is C20H24F2N2O3. The Morgan fingerprint density at radius 1 is 1.07 bits per heavy atom. The zero-order valence-electron chi connectivity index (χ0n) is 15.6. The number of nitrogens with zero attached hydrogens (tertiary/aromatic N) is 2. The first-order chi connectivity index (χ1) is 13.0. The Kier molecular flexibility index (Phi) is 4.56. The maximum absolute atomic E-state index is 13.6. The van der Waals surface area contributed by atoms with Crippen molar-refractivity contribution in [2.24, 2.45) is 0 Å². The van der Waals surface area contributed by atoms with Gasteiger partial charge in [0.15, 0.2) is 17.3 Å². The van der Waals surface area contributed by atoms with E-state index in [1.165, 1.54) is 0 Å². The quantitative estimate of drug-likeness (QED) is 0.744. The van der Waals surface area contributed by atoms with E-state index in [0.717, 1.165) is 31.2 Å². The Bertz CT molecular complexity index is 815. The summed E-state index contributed by atoms with van der Waals surface area (Å²) in [6.07, 6.45) is 3.95. The van der Waals surface area contributed by atoms with Gasteiger partial charge in [-0.15, -0.1) is 0 Å². The summed E-state index contributed by atoms with van der Waals surface area (Å²) in [5.41, 5.74) is 0.671. The monoisotopic (exact) mass is 378 g/mol. The van der Waals surface area contributed by atoms with Crippen molar-refractivity contribution in [1.29, 1.82) is 0 Å². The van der Waals surface area contributed by atoms with Gasteiger partial charge in [-0.3, -0.25) is 0 Å². The molecule has 1 atom stereocenters. The predicted molar refractivity (Wildman–Crippen MR) is 94.6 cm³/mol. The number of aromatic nitrogens is 2. The fourth-order valence-electron chi connectivity index (χ4n) is 4.51. The van der Waals surface area contributed by atoms with Crippen LogP contribution in [0.3, 0.4) is 0 Å². The van der Waals surface area contributed by atoms with Crippen LogP contribution in [0.4, 0.5) is 8.78 Å². The van der Waals surface area contributed by atoms with E-state index >= 15 is 0 Å². The zero-order chi connectivity index (χ0) is 19.1. The van der Waals surface area contributed by atoms with Crippen LogP contribution in [0, 0.1) is 0 Å². The minimum Gasteiger partial charge on any atom is -0.493 e. The Morgan fingerprint density at radius 3 is 2.44 bits per heavy atom. The van der Waals surface area contributed by atoms with Crippen molar-refractivity contribution >= 4 is 0 Å². The molecule has 2 aliphatic rings. The van der Waals surface area contributed by atoms with E-state index in [9.17, 15) is 8.78 Å². The first-order valence-electron chi connectivity index (χ1n) is 9.42. The molecule has 0 saturated heterocycles. The van der Waals surface area contributed by atoms with E-state index in [4.69, 9.17) is 14.0 Å². The summed E-state index contributed by atoms with van der Waals surface area (Å²) in [4.78, 5) is 4.60. The largest absolute Gasteiger partial charge is 0.493 e. The van der Waals surface area contributed by atoms with Crippen molar-refractivity contribution in [2.75, 3.05) is 14.2 Å². The third-order valence-electron chi connectivity index (χ3n) is 6.02. The third-order valence-corrected chi connectivity index (χ3v) is 6.02. The normalized spacial score (nSPS) is 23.5. The summed E-state index contributed by atoms with van der Waals surface area (Å²) < 4.78 is 43.4. The lowest BCUT2D eigenvalue weighted by molar-refractivity contribution is 0.00690. The van der Waals surface area contributed by atoms with Gasteiger partial charge in [-0.1, -0.05) is 24.1 Å². The van der Waals surface area contributed by atoms with E-state index in [2.05, 4.69) is 10.1 Å². The van der Waals surface area contributed by atoms with E-state index in [1.54, 1.807) is 14.2 Å². The van der Waals surface area contributed by atoms with Crippen LogP contribution < -0.4 is 9.47 Å². The maximum Gasteiger partial charge on any atom is 0.248 e. The smallest absolute Gasteiger partial charge is 0.248 e. The molecule has 7 heteroatoms. The molecule has 2 fully saturated rings. The molecule has 0 amide bonds. The number of alkyl halides is 2. The zero-order valence-corrected chi connectivity index (χ0v) is 15.6. The lowest BCUT2D eigenvalue weighted by atomic mass is 9.78. The number of hydrogen-bond acceptors (Lipinski definition) is 5. The van der Waals surface area contributed by atoms with Crippen LogP contribution in [0.25, 0.3) is 0 Å². The fourth-order valence-corrected chi connectivity index (χ4v) is 4.51. The Hall–Kier alpha value is -2.18. The van der Waals surface area contributed by atoms with Crippen molar-refractivity contribution in [1.82, 2.24) is 10.1 Å². The summed E-state index contributed by atoms with van der Waals surface area (Å²) in [7, 11) is 3.21. The Labute approximate surface area is 157 Å². The second-order valence-electron chi connectivity index (χ2n) is 7.61. The number of hydrogen-bond donors (Lipinski definition) is 0. The molecule has 0 radical (unpaired) electrons. The van der Waals surface area contributed by atoms with Gasteiger partial charge in [-0.05, 0) is 37.0 Å². The molecule has 1 unspecified atom stereocenters. The highest BCUT2D eigenvalue weighted by atomic mass is 19.3. The molecule has 1 aromatic carbocycles. The van der Waals surface area contributed by atoms with Gasteiger partial charge in [-0.2, -0.15) is 4.98 Å². The van der Waals surface area contributed by atoms with Crippen molar-refractivity contribution in [2.45, 2.75) is 62.2 Å². The number of methoxy groups -OCH3 is 2. The summed E-state index contributed by atoms with van der Waals surface area (Å²) in [5, 5.41) is 4.23. The Balaban J connectivity index is 1.69. The lowest BCUT2D eigenvalue weighted by Gasteiger charge is -2.26. The first-order valence-corrected chi connectivity index (χ1v) is 9.42. The molecule has 4 rings (SSSR count). The average molecular weight is 378 g/mol. The fraction of sp³-hybridized carbons (Fsp3) is 0.600. The lowest BCUT2D eigenvalue weighted by Crippen LogP contribution is -2.25. The molecule has 0 N–H and O–H groups in total. The van der Waals surface area contributed by atoms with Crippen LogP contribution in [0.1, 0.15) is 68.1 Å². The van der Waals surface area contributed by atoms with Crippen molar-refractivity contribution < 1.29 is 22.8 Å². The molecule has 0 bridgehead atoms. The minimum atomic E-state index is -2.63. The predicted octanol–water partition coefficient (Wildman–Crippen LogP) is 4.85. The van der Waals surface area contributed by atoms with Gasteiger partial charge in [0.05, 0.1) is 19.6 Å². The molecule has 2 aromatic rings. The molecule has 0 aliphatic heterocycles. The molecule has 0 spiro atoms. The van der Waals surface area contributed by atoms with Crippen LogP contribution in [-0.2, 0) is 5.41 Å². The van der Waals surface area contributed by atoms with E-state index in [-0.39, 0.29) is 24.2 Å². The van der Waals surface area contributed by atoms with E-state index in [1.807, 2.05) is 18.2 Å². The number of benzene rings is 1. The number of ether oxygens (including phenoxy) is 2. The van der Waals surface area contributed by atoms with Crippen LogP contribution >= 0.6 is 0 Å². The van der Waals surface area contributed by atoms with E-state index < -0.39 is 5.92 Å². The topological polar surface area (TPSA) is 57.4 Å². The molecule has 2 saturated carbocycles. The van der Waals surface area contributed by atoms with Crippen LogP contribution in [0.5, 0.6) is 11.5 Å². The summed E-state index contributed by atoms with van der Waals surface area (Å²) >= 11 is 0. The SMILES string of the molecule is COc1ccc(C2(c3noc(C4CCC(F)(F)C4)n3)CCCC2)cc1OC. The summed E-state index contributed by atoms with van der Waals surface area (Å²) in [6.45, 7) is 0. The van der Waals surface area contributed by atoms with Crippen LogP contribution in [0.2, 0.25) is 0 Å². The van der Waals surface area contributed by atoms with Gasteiger partial charge >= 0.3 is 0 Å². The minimum absolute atomic E-state index is 0.115. The summed E-state index contributed by atoms with van der Waals surface area (Å²) in [5.74, 6) is -0.735. The van der Waals surface area contributed by atoms with Crippen molar-refractivity contribution in [3.63, 3.8) is 0 Å². The van der Waals surface area contributed by atoms with Gasteiger partial charge < -0.3 is 14.0 Å². The maximum atomic E-state index is 13.6.